The zero-order valence-electron chi connectivity index (χ0n) is 22.2. The van der Waals surface area contributed by atoms with Gasteiger partial charge in [0.2, 0.25) is 11.8 Å². The van der Waals surface area contributed by atoms with E-state index in [0.29, 0.717) is 27.8 Å². The quantitative estimate of drug-likeness (QED) is 0.269. The third kappa shape index (κ3) is 7.97. The number of aryl methyl sites for hydroxylation is 1. The van der Waals surface area contributed by atoms with E-state index < -0.39 is 28.5 Å². The number of benzene rings is 3. The molecule has 1 N–H and O–H groups in total. The molecular weight excluding hydrogens is 557 g/mol. The maximum Gasteiger partial charge on any atom is 0.264 e. The van der Waals surface area contributed by atoms with Crippen molar-refractivity contribution in [3.8, 4) is 0 Å². The number of carbonyl (C=O) groups is 2. The Balaban J connectivity index is 1.99. The van der Waals surface area contributed by atoms with Gasteiger partial charge in [-0.1, -0.05) is 78.5 Å². The first-order valence-electron chi connectivity index (χ1n) is 12.7. The molecular formula is C29H33Cl2N3O4S. The summed E-state index contributed by atoms with van der Waals surface area (Å²) < 4.78 is 28.6. The summed E-state index contributed by atoms with van der Waals surface area (Å²) in [6, 6.07) is 18.9. The first-order chi connectivity index (χ1) is 18.5. The van der Waals surface area contributed by atoms with Gasteiger partial charge < -0.3 is 10.2 Å². The van der Waals surface area contributed by atoms with Crippen molar-refractivity contribution < 1.29 is 18.0 Å². The highest BCUT2D eigenvalue weighted by molar-refractivity contribution is 7.92. The summed E-state index contributed by atoms with van der Waals surface area (Å²) in [7, 11) is -4.10. The lowest BCUT2D eigenvalue weighted by atomic mass is 10.1. The fourth-order valence-electron chi connectivity index (χ4n) is 3.91. The van der Waals surface area contributed by atoms with E-state index in [0.717, 1.165) is 22.7 Å². The Morgan fingerprint density at radius 3 is 2.23 bits per heavy atom. The van der Waals surface area contributed by atoms with E-state index in [1.165, 1.54) is 17.0 Å². The van der Waals surface area contributed by atoms with Crippen molar-refractivity contribution >= 4 is 50.7 Å². The minimum absolute atomic E-state index is 0.0329. The first-order valence-corrected chi connectivity index (χ1v) is 14.9. The Bertz CT molecular complexity index is 1380. The van der Waals surface area contributed by atoms with Crippen LogP contribution in [0.5, 0.6) is 0 Å². The van der Waals surface area contributed by atoms with Crippen molar-refractivity contribution in [2.75, 3.05) is 17.4 Å². The predicted molar refractivity (Wildman–Crippen MR) is 157 cm³/mol. The van der Waals surface area contributed by atoms with E-state index in [2.05, 4.69) is 5.32 Å². The Kier molecular flexibility index (Phi) is 10.8. The van der Waals surface area contributed by atoms with Crippen molar-refractivity contribution in [1.82, 2.24) is 10.2 Å². The second kappa shape index (κ2) is 13.8. The Morgan fingerprint density at radius 2 is 1.62 bits per heavy atom. The molecule has 0 saturated heterocycles. The molecule has 3 rings (SSSR count). The van der Waals surface area contributed by atoms with Crippen LogP contribution in [0.25, 0.3) is 0 Å². The summed E-state index contributed by atoms with van der Waals surface area (Å²) in [5.41, 5.74) is 1.94. The number of sulfonamides is 1. The van der Waals surface area contributed by atoms with Crippen LogP contribution in [-0.4, -0.2) is 44.3 Å². The normalized spacial score (nSPS) is 12.0. The molecule has 208 valence electrons. The number of amides is 2. The summed E-state index contributed by atoms with van der Waals surface area (Å²) in [6.07, 6.45) is 1.71. The molecule has 1 atom stereocenters. The number of carbonyl (C=O) groups excluding carboxylic acids is 2. The zero-order valence-corrected chi connectivity index (χ0v) is 24.6. The number of hydrogen-bond donors (Lipinski definition) is 1. The zero-order chi connectivity index (χ0) is 28.6. The van der Waals surface area contributed by atoms with Crippen LogP contribution in [-0.2, 0) is 26.2 Å². The van der Waals surface area contributed by atoms with Crippen LogP contribution in [0.4, 0.5) is 5.69 Å². The topological polar surface area (TPSA) is 86.8 Å². The van der Waals surface area contributed by atoms with Gasteiger partial charge in [0, 0.05) is 13.1 Å². The van der Waals surface area contributed by atoms with Gasteiger partial charge in [0.15, 0.2) is 0 Å². The average molecular weight is 591 g/mol. The fourth-order valence-corrected chi connectivity index (χ4v) is 5.67. The van der Waals surface area contributed by atoms with Gasteiger partial charge in [0.05, 0.1) is 20.6 Å². The molecule has 0 unspecified atom stereocenters. The van der Waals surface area contributed by atoms with Gasteiger partial charge in [-0.3, -0.25) is 13.9 Å². The molecule has 0 heterocycles. The maximum atomic E-state index is 13.9. The minimum atomic E-state index is -4.10. The lowest BCUT2D eigenvalue weighted by Gasteiger charge is -2.32. The van der Waals surface area contributed by atoms with Crippen LogP contribution in [0.15, 0.2) is 77.7 Å². The third-order valence-corrected chi connectivity index (χ3v) is 8.79. The molecule has 10 heteroatoms. The van der Waals surface area contributed by atoms with Crippen LogP contribution >= 0.6 is 23.2 Å². The van der Waals surface area contributed by atoms with Gasteiger partial charge in [0.1, 0.15) is 12.6 Å². The first kappa shape index (κ1) is 30.5. The molecule has 39 heavy (non-hydrogen) atoms. The molecule has 0 aliphatic heterocycles. The van der Waals surface area contributed by atoms with Gasteiger partial charge in [-0.25, -0.2) is 8.42 Å². The second-order valence-electron chi connectivity index (χ2n) is 9.25. The van der Waals surface area contributed by atoms with E-state index in [4.69, 9.17) is 23.2 Å². The number of anilines is 1. The number of unbranched alkanes of at least 4 members (excludes halogenated alkanes) is 1. The van der Waals surface area contributed by atoms with Crippen LogP contribution < -0.4 is 9.62 Å². The molecule has 0 aromatic heterocycles. The third-order valence-electron chi connectivity index (χ3n) is 6.27. The van der Waals surface area contributed by atoms with Crippen LogP contribution in [0.3, 0.4) is 0 Å². The lowest BCUT2D eigenvalue weighted by molar-refractivity contribution is -0.139. The second-order valence-corrected chi connectivity index (χ2v) is 11.9. The highest BCUT2D eigenvalue weighted by Gasteiger charge is 2.32. The summed E-state index contributed by atoms with van der Waals surface area (Å²) in [4.78, 5) is 28.3. The highest BCUT2D eigenvalue weighted by atomic mass is 35.5. The number of nitrogens with zero attached hydrogens (tertiary/aromatic N) is 2. The number of halogens is 2. The minimum Gasteiger partial charge on any atom is -0.354 e. The SMILES string of the molecule is CCCCNC(=O)[C@H](C)N(Cc1ccc(Cl)c(Cl)c1)C(=O)CN(c1ccc(C)cc1)S(=O)(=O)c1ccccc1. The van der Waals surface area contributed by atoms with Gasteiger partial charge >= 0.3 is 0 Å². The van der Waals surface area contributed by atoms with Crippen molar-refractivity contribution in [3.63, 3.8) is 0 Å². The monoisotopic (exact) mass is 589 g/mol. The molecule has 0 aliphatic rings. The predicted octanol–water partition coefficient (Wildman–Crippen LogP) is 5.83. The number of rotatable bonds is 12. The van der Waals surface area contributed by atoms with E-state index in [1.807, 2.05) is 13.8 Å². The standard InChI is InChI=1S/C29H33Cl2N3O4S/c1-4-5-17-32-29(36)22(3)33(19-23-13-16-26(30)27(31)18-23)28(35)20-34(24-14-11-21(2)12-15-24)39(37,38)25-9-7-6-8-10-25/h6-16,18,22H,4-5,17,19-20H2,1-3H3,(H,32,36)/t22-/m0/s1. The molecule has 0 bridgehead atoms. The molecule has 3 aromatic rings. The molecule has 0 radical (unpaired) electrons. The van der Waals surface area contributed by atoms with Crippen molar-refractivity contribution in [1.29, 1.82) is 0 Å². The Labute approximate surface area is 240 Å². The van der Waals surface area contributed by atoms with Crippen molar-refractivity contribution in [2.45, 2.75) is 51.1 Å². The molecule has 7 nitrogen and oxygen atoms in total. The van der Waals surface area contributed by atoms with Crippen LogP contribution in [0.1, 0.15) is 37.8 Å². The van der Waals surface area contributed by atoms with Crippen molar-refractivity contribution in [2.24, 2.45) is 0 Å². The molecule has 0 saturated carbocycles. The summed E-state index contributed by atoms with van der Waals surface area (Å²) in [5, 5.41) is 3.54. The average Bonchev–Trinajstić information content (AvgIpc) is 2.93. The summed E-state index contributed by atoms with van der Waals surface area (Å²) in [6.45, 7) is 5.54. The smallest absolute Gasteiger partial charge is 0.264 e. The molecule has 0 spiro atoms. The van der Waals surface area contributed by atoms with Gasteiger partial charge in [-0.05, 0) is 62.2 Å². The molecule has 0 fully saturated rings. The van der Waals surface area contributed by atoms with Crippen molar-refractivity contribution in [3.05, 3.63) is 94.0 Å². The highest BCUT2D eigenvalue weighted by Crippen LogP contribution is 2.26. The molecule has 0 aliphatic carbocycles. The Morgan fingerprint density at radius 1 is 0.949 bits per heavy atom. The fraction of sp³-hybridized carbons (Fsp3) is 0.310. The van der Waals surface area contributed by atoms with Gasteiger partial charge in [-0.2, -0.15) is 0 Å². The van der Waals surface area contributed by atoms with E-state index in [1.54, 1.807) is 67.6 Å². The van der Waals surface area contributed by atoms with Gasteiger partial charge in [0.25, 0.3) is 10.0 Å². The molecule has 3 aromatic carbocycles. The number of hydrogen-bond acceptors (Lipinski definition) is 4. The van der Waals surface area contributed by atoms with Gasteiger partial charge in [-0.15, -0.1) is 0 Å². The summed E-state index contributed by atoms with van der Waals surface area (Å²) in [5.74, 6) is -0.871. The summed E-state index contributed by atoms with van der Waals surface area (Å²) >= 11 is 12.3. The van der Waals surface area contributed by atoms with Crippen LogP contribution in [0, 0.1) is 6.92 Å². The Hall–Kier alpha value is -3.07. The largest absolute Gasteiger partial charge is 0.354 e. The van der Waals surface area contributed by atoms with E-state index in [9.17, 15) is 18.0 Å². The number of nitrogens with one attached hydrogen (secondary N) is 1. The maximum absolute atomic E-state index is 13.9. The van der Waals surface area contributed by atoms with E-state index >= 15 is 0 Å². The lowest BCUT2D eigenvalue weighted by Crippen LogP contribution is -2.51. The van der Waals surface area contributed by atoms with E-state index in [-0.39, 0.29) is 17.3 Å². The molecule has 2 amide bonds. The van der Waals surface area contributed by atoms with Crippen LogP contribution in [0.2, 0.25) is 10.0 Å².